The van der Waals surface area contributed by atoms with Gasteiger partial charge in [0.1, 0.15) is 22.9 Å². The maximum Gasteiger partial charge on any atom is 0.258 e. The van der Waals surface area contributed by atoms with Gasteiger partial charge in [0.25, 0.3) is 5.91 Å². The number of para-hydroxylation sites is 1. The number of aromatic nitrogens is 2. The van der Waals surface area contributed by atoms with Crippen LogP contribution in [0.25, 0.3) is 10.9 Å². The highest BCUT2D eigenvalue weighted by Crippen LogP contribution is 2.37. The van der Waals surface area contributed by atoms with Crippen molar-refractivity contribution in [3.63, 3.8) is 0 Å². The van der Waals surface area contributed by atoms with Gasteiger partial charge in [0.15, 0.2) is 11.6 Å². The molecule has 0 aliphatic heterocycles. The number of nitrogens with zero attached hydrogens (tertiary/aromatic N) is 2. The van der Waals surface area contributed by atoms with Gasteiger partial charge in [-0.15, -0.1) is 0 Å². The van der Waals surface area contributed by atoms with E-state index < -0.39 is 27.0 Å². The molecule has 9 nitrogen and oxygen atoms in total. The van der Waals surface area contributed by atoms with Crippen molar-refractivity contribution < 1.29 is 27.1 Å². The van der Waals surface area contributed by atoms with Gasteiger partial charge in [0.2, 0.25) is 10.0 Å². The molecule has 1 heterocycles. The standard InChI is InChI=1S/C27H26ClFN4O5S/c1-4-18(14-16-8-10-17(37-2)11-9-16)39(35,36)33-22-13-12-21(29)24(25(22)38-3)32-27(34)20-7-5-6-19-23(20)30-15-31-26(19)28/h5-13,15,18,33H,4,14H2,1-3H3,(H,32,34). The van der Waals surface area contributed by atoms with Crippen molar-refractivity contribution in [1.29, 1.82) is 0 Å². The molecular weight excluding hydrogens is 547 g/mol. The fraction of sp³-hybridized carbons (Fsp3) is 0.222. The Kier molecular flexibility index (Phi) is 8.51. The first-order valence-electron chi connectivity index (χ1n) is 11.9. The molecule has 2 N–H and O–H groups in total. The van der Waals surface area contributed by atoms with Gasteiger partial charge in [0.05, 0.1) is 36.2 Å². The third-order valence-electron chi connectivity index (χ3n) is 6.18. The largest absolute Gasteiger partial charge is 0.497 e. The van der Waals surface area contributed by atoms with E-state index in [-0.39, 0.29) is 39.8 Å². The lowest BCUT2D eigenvalue weighted by Crippen LogP contribution is -2.29. The quantitative estimate of drug-likeness (QED) is 0.242. The minimum absolute atomic E-state index is 0.0225. The Hall–Kier alpha value is -3.96. The lowest BCUT2D eigenvalue weighted by Gasteiger charge is -2.20. The van der Waals surface area contributed by atoms with Crippen molar-refractivity contribution in [3.05, 3.63) is 83.0 Å². The molecule has 0 fully saturated rings. The third-order valence-corrected chi connectivity index (χ3v) is 8.36. The van der Waals surface area contributed by atoms with Crippen LogP contribution in [0.4, 0.5) is 15.8 Å². The average Bonchev–Trinajstić information content (AvgIpc) is 2.93. The first kappa shape index (κ1) is 28.1. The number of carbonyl (C=O) groups is 1. The molecule has 0 bridgehead atoms. The molecule has 1 unspecified atom stereocenters. The van der Waals surface area contributed by atoms with Crippen molar-refractivity contribution in [1.82, 2.24) is 9.97 Å². The molecule has 0 aliphatic carbocycles. The predicted octanol–water partition coefficient (Wildman–Crippen LogP) is 5.45. The topological polar surface area (TPSA) is 120 Å². The Bertz CT molecular complexity index is 1620. The Balaban J connectivity index is 1.63. The summed E-state index contributed by atoms with van der Waals surface area (Å²) in [6.45, 7) is 1.76. The van der Waals surface area contributed by atoms with E-state index in [9.17, 15) is 17.6 Å². The number of rotatable bonds is 10. The number of carbonyl (C=O) groups excluding carboxylic acids is 1. The number of hydrogen-bond acceptors (Lipinski definition) is 7. The summed E-state index contributed by atoms with van der Waals surface area (Å²) in [5, 5.41) is 2.31. The number of amides is 1. The monoisotopic (exact) mass is 572 g/mol. The van der Waals surface area contributed by atoms with E-state index in [0.29, 0.717) is 17.6 Å². The van der Waals surface area contributed by atoms with Crippen LogP contribution in [0, 0.1) is 5.82 Å². The minimum atomic E-state index is -3.94. The number of nitrogens with one attached hydrogen (secondary N) is 2. The van der Waals surface area contributed by atoms with Crippen LogP contribution in [0.15, 0.2) is 60.9 Å². The molecule has 1 aromatic heterocycles. The summed E-state index contributed by atoms with van der Waals surface area (Å²) < 4.78 is 54.7. The van der Waals surface area contributed by atoms with Crippen molar-refractivity contribution in [2.75, 3.05) is 24.3 Å². The summed E-state index contributed by atoms with van der Waals surface area (Å²) >= 11 is 6.12. The lowest BCUT2D eigenvalue weighted by atomic mass is 10.1. The van der Waals surface area contributed by atoms with E-state index in [1.54, 1.807) is 50.4 Å². The maximum absolute atomic E-state index is 14.9. The highest BCUT2D eigenvalue weighted by Gasteiger charge is 2.27. The summed E-state index contributed by atoms with van der Waals surface area (Å²) in [5.41, 5.74) is 0.852. The van der Waals surface area contributed by atoms with E-state index in [1.165, 1.54) is 25.6 Å². The molecule has 0 saturated heterocycles. The number of hydrogen-bond donors (Lipinski definition) is 2. The molecule has 4 aromatic rings. The molecule has 1 amide bonds. The average molecular weight is 573 g/mol. The van der Waals surface area contributed by atoms with E-state index in [2.05, 4.69) is 20.0 Å². The molecule has 0 radical (unpaired) electrons. The number of anilines is 2. The number of ether oxygens (including phenoxy) is 2. The number of fused-ring (bicyclic) bond motifs is 1. The molecular formula is C27H26ClFN4O5S. The van der Waals surface area contributed by atoms with Gasteiger partial charge in [-0.2, -0.15) is 0 Å². The van der Waals surface area contributed by atoms with Gasteiger partial charge >= 0.3 is 0 Å². The summed E-state index contributed by atoms with van der Waals surface area (Å²) in [4.78, 5) is 21.2. The molecule has 39 heavy (non-hydrogen) atoms. The Morgan fingerprint density at radius 1 is 1.05 bits per heavy atom. The van der Waals surface area contributed by atoms with Crippen LogP contribution in [0.2, 0.25) is 5.15 Å². The van der Waals surface area contributed by atoms with Crippen LogP contribution in [0.1, 0.15) is 29.3 Å². The van der Waals surface area contributed by atoms with Gasteiger partial charge in [-0.25, -0.2) is 22.8 Å². The second-order valence-corrected chi connectivity index (χ2v) is 10.9. The summed E-state index contributed by atoms with van der Waals surface area (Å²) in [5.74, 6) is -1.03. The van der Waals surface area contributed by atoms with Gasteiger partial charge in [0, 0.05) is 5.39 Å². The molecule has 4 rings (SSSR count). The Morgan fingerprint density at radius 3 is 2.46 bits per heavy atom. The molecule has 3 aromatic carbocycles. The fourth-order valence-electron chi connectivity index (χ4n) is 4.12. The van der Waals surface area contributed by atoms with Crippen LogP contribution >= 0.6 is 11.6 Å². The zero-order valence-corrected chi connectivity index (χ0v) is 22.9. The number of sulfonamides is 1. The summed E-state index contributed by atoms with van der Waals surface area (Å²) in [7, 11) is -1.14. The molecule has 0 aliphatic rings. The van der Waals surface area contributed by atoms with Crippen LogP contribution in [0.5, 0.6) is 11.5 Å². The van der Waals surface area contributed by atoms with Crippen LogP contribution in [0.3, 0.4) is 0 Å². The summed E-state index contributed by atoms with van der Waals surface area (Å²) in [6, 6.07) is 14.2. The van der Waals surface area contributed by atoms with E-state index in [1.807, 2.05) is 0 Å². The number of halogens is 2. The molecule has 0 saturated carbocycles. The SMILES string of the molecule is CCC(Cc1ccc(OC)cc1)S(=O)(=O)Nc1ccc(F)c(NC(=O)c2cccc3c(Cl)ncnc23)c1OC. The number of benzene rings is 3. The Morgan fingerprint density at radius 2 is 1.79 bits per heavy atom. The van der Waals surface area contributed by atoms with Gasteiger partial charge in [-0.3, -0.25) is 9.52 Å². The first-order valence-corrected chi connectivity index (χ1v) is 13.8. The fourth-order valence-corrected chi connectivity index (χ4v) is 5.80. The molecule has 0 spiro atoms. The van der Waals surface area contributed by atoms with Crippen molar-refractivity contribution in [3.8, 4) is 11.5 Å². The first-order chi connectivity index (χ1) is 18.7. The van der Waals surface area contributed by atoms with Crippen molar-refractivity contribution >= 4 is 49.8 Å². The minimum Gasteiger partial charge on any atom is -0.497 e. The normalized spacial score (nSPS) is 12.1. The molecule has 12 heteroatoms. The highest BCUT2D eigenvalue weighted by molar-refractivity contribution is 7.93. The van der Waals surface area contributed by atoms with Crippen LogP contribution in [-0.2, 0) is 16.4 Å². The van der Waals surface area contributed by atoms with Crippen molar-refractivity contribution in [2.45, 2.75) is 25.0 Å². The Labute approximate surface area is 230 Å². The second-order valence-electron chi connectivity index (χ2n) is 8.55. The van der Waals surface area contributed by atoms with E-state index >= 15 is 0 Å². The third kappa shape index (κ3) is 6.04. The molecule has 1 atom stereocenters. The maximum atomic E-state index is 14.9. The smallest absolute Gasteiger partial charge is 0.258 e. The predicted molar refractivity (Wildman–Crippen MR) is 149 cm³/mol. The highest BCUT2D eigenvalue weighted by atomic mass is 35.5. The zero-order chi connectivity index (χ0) is 28.2. The summed E-state index contributed by atoms with van der Waals surface area (Å²) in [6.07, 6.45) is 1.78. The second kappa shape index (κ2) is 11.8. The molecule has 204 valence electrons. The van der Waals surface area contributed by atoms with E-state index in [0.717, 1.165) is 11.6 Å². The van der Waals surface area contributed by atoms with Crippen LogP contribution in [-0.4, -0.2) is 43.8 Å². The van der Waals surface area contributed by atoms with E-state index in [4.69, 9.17) is 21.1 Å². The van der Waals surface area contributed by atoms with Crippen LogP contribution < -0.4 is 19.5 Å². The number of methoxy groups -OCH3 is 2. The van der Waals surface area contributed by atoms with Gasteiger partial charge in [-0.05, 0) is 54.8 Å². The van der Waals surface area contributed by atoms with Gasteiger partial charge < -0.3 is 14.8 Å². The van der Waals surface area contributed by atoms with Gasteiger partial charge in [-0.1, -0.05) is 36.7 Å². The van der Waals surface area contributed by atoms with Crippen molar-refractivity contribution in [2.24, 2.45) is 0 Å². The zero-order valence-electron chi connectivity index (χ0n) is 21.4. The lowest BCUT2D eigenvalue weighted by molar-refractivity contribution is 0.102.